The summed E-state index contributed by atoms with van der Waals surface area (Å²) in [5.74, 6) is -0.230. The fraction of sp³-hybridized carbons (Fsp3) is 0.217. The number of ether oxygens (including phenoxy) is 1. The number of amides is 2. The molecular weight excluding hydrogens is 394 g/mol. The van der Waals surface area contributed by atoms with E-state index in [0.717, 1.165) is 12.8 Å². The number of hydrogen-bond donors (Lipinski definition) is 1. The number of rotatable bonds is 4. The van der Waals surface area contributed by atoms with Crippen molar-refractivity contribution in [2.24, 2.45) is 5.73 Å². The number of nitrogens with two attached hydrogens (primary N) is 1. The van der Waals surface area contributed by atoms with Crippen LogP contribution in [0.5, 0.6) is 5.75 Å². The molecule has 1 fully saturated rings. The first kappa shape index (κ1) is 18.9. The lowest BCUT2D eigenvalue weighted by Crippen LogP contribution is -2.44. The molecule has 2 amide bonds. The van der Waals surface area contributed by atoms with E-state index in [-0.39, 0.29) is 17.0 Å². The van der Waals surface area contributed by atoms with Gasteiger partial charge in [0.25, 0.3) is 11.8 Å². The van der Waals surface area contributed by atoms with Crippen LogP contribution in [0.15, 0.2) is 48.5 Å². The normalized spacial score (nSPS) is 16.0. The minimum Gasteiger partial charge on any atom is -0.497 e. The third-order valence-corrected chi connectivity index (χ3v) is 6.04. The van der Waals surface area contributed by atoms with Crippen molar-refractivity contribution in [1.82, 2.24) is 9.78 Å². The van der Waals surface area contributed by atoms with Crippen molar-refractivity contribution in [3.63, 3.8) is 0 Å². The highest BCUT2D eigenvalue weighted by Gasteiger charge is 2.56. The molecule has 1 spiro atoms. The molecule has 0 atom stereocenters. The van der Waals surface area contributed by atoms with Gasteiger partial charge < -0.3 is 15.4 Å². The molecule has 2 N–H and O–H groups in total. The number of nitriles is 1. The van der Waals surface area contributed by atoms with Crippen LogP contribution in [0, 0.1) is 11.3 Å². The lowest BCUT2D eigenvalue weighted by atomic mass is 9.88. The van der Waals surface area contributed by atoms with Gasteiger partial charge in [-0.05, 0) is 61.4 Å². The van der Waals surface area contributed by atoms with Gasteiger partial charge in [0, 0.05) is 23.2 Å². The van der Waals surface area contributed by atoms with Gasteiger partial charge in [-0.2, -0.15) is 10.4 Å². The fourth-order valence-electron chi connectivity index (χ4n) is 4.27. The summed E-state index contributed by atoms with van der Waals surface area (Å²) >= 11 is 0. The summed E-state index contributed by atoms with van der Waals surface area (Å²) in [5.41, 5.74) is 8.32. The van der Waals surface area contributed by atoms with Crippen LogP contribution in [-0.4, -0.2) is 35.2 Å². The second-order valence-corrected chi connectivity index (χ2v) is 7.88. The van der Waals surface area contributed by atoms with Crippen molar-refractivity contribution in [2.45, 2.75) is 18.3 Å². The van der Waals surface area contributed by atoms with Crippen LogP contribution in [0.3, 0.4) is 0 Å². The average molecular weight is 413 g/mol. The molecule has 2 aliphatic rings. The first-order valence-electron chi connectivity index (χ1n) is 9.87. The zero-order valence-electron chi connectivity index (χ0n) is 16.8. The minimum atomic E-state index is -0.644. The van der Waals surface area contributed by atoms with Crippen molar-refractivity contribution < 1.29 is 14.3 Å². The van der Waals surface area contributed by atoms with Crippen molar-refractivity contribution in [1.29, 1.82) is 5.26 Å². The maximum Gasteiger partial charge on any atom is 0.277 e. The Morgan fingerprint density at radius 2 is 1.77 bits per heavy atom. The van der Waals surface area contributed by atoms with E-state index < -0.39 is 5.91 Å². The number of carbonyl (C=O) groups is 2. The quantitative estimate of drug-likeness (QED) is 0.706. The molecule has 2 aromatic carbocycles. The molecule has 0 unspecified atom stereocenters. The molecule has 154 valence electrons. The highest BCUT2D eigenvalue weighted by molar-refractivity contribution is 6.10. The van der Waals surface area contributed by atoms with Gasteiger partial charge in [0.2, 0.25) is 0 Å². The predicted molar refractivity (Wildman–Crippen MR) is 112 cm³/mol. The maximum absolute atomic E-state index is 13.7. The van der Waals surface area contributed by atoms with Gasteiger partial charge in [-0.15, -0.1) is 0 Å². The number of primary amides is 1. The van der Waals surface area contributed by atoms with E-state index in [1.807, 2.05) is 0 Å². The maximum atomic E-state index is 13.7. The smallest absolute Gasteiger partial charge is 0.277 e. The largest absolute Gasteiger partial charge is 0.497 e. The standard InChI is InChI=1S/C23H19N5O3/c1-31-17-8-6-16(7-9-17)28-20-18(19(26-28)21(25)29)23(10-11-23)13-27(22(20)30)15-4-2-14(12-24)3-5-15/h2-9H,10-11,13H2,1H3,(H2,25,29). The van der Waals surface area contributed by atoms with Crippen molar-refractivity contribution in [3.8, 4) is 17.5 Å². The summed E-state index contributed by atoms with van der Waals surface area (Å²) < 4.78 is 6.72. The highest BCUT2D eigenvalue weighted by atomic mass is 16.5. The summed E-state index contributed by atoms with van der Waals surface area (Å²) in [6, 6.07) is 16.1. The Kier molecular flexibility index (Phi) is 4.08. The van der Waals surface area contributed by atoms with Crippen LogP contribution in [0.2, 0.25) is 0 Å². The summed E-state index contributed by atoms with van der Waals surface area (Å²) in [6.07, 6.45) is 1.68. The summed E-state index contributed by atoms with van der Waals surface area (Å²) in [4.78, 5) is 27.6. The average Bonchev–Trinajstić information content (AvgIpc) is 3.44. The van der Waals surface area contributed by atoms with Crippen LogP contribution in [0.4, 0.5) is 5.69 Å². The Bertz CT molecular complexity index is 1250. The zero-order valence-corrected chi connectivity index (χ0v) is 16.8. The zero-order chi connectivity index (χ0) is 21.8. The van der Waals surface area contributed by atoms with Gasteiger partial charge in [-0.25, -0.2) is 4.68 Å². The first-order chi connectivity index (χ1) is 15.0. The molecule has 0 radical (unpaired) electrons. The van der Waals surface area contributed by atoms with Crippen molar-refractivity contribution in [3.05, 3.63) is 71.0 Å². The number of hydrogen-bond acceptors (Lipinski definition) is 5. The van der Waals surface area contributed by atoms with Crippen LogP contribution < -0.4 is 15.4 Å². The summed E-state index contributed by atoms with van der Waals surface area (Å²) in [7, 11) is 1.58. The number of aromatic nitrogens is 2. The van der Waals surface area contributed by atoms with Crippen LogP contribution in [0.25, 0.3) is 5.69 Å². The Morgan fingerprint density at radius 3 is 2.32 bits per heavy atom. The van der Waals surface area contributed by atoms with E-state index in [0.29, 0.717) is 40.5 Å². The van der Waals surface area contributed by atoms with Gasteiger partial charge >= 0.3 is 0 Å². The van der Waals surface area contributed by atoms with Crippen LogP contribution >= 0.6 is 0 Å². The van der Waals surface area contributed by atoms with Gasteiger partial charge in [0.15, 0.2) is 5.69 Å². The third kappa shape index (κ3) is 2.86. The number of anilines is 1. The molecule has 1 aromatic heterocycles. The van der Waals surface area contributed by atoms with Gasteiger partial charge in [0.05, 0.1) is 24.4 Å². The third-order valence-electron chi connectivity index (χ3n) is 6.04. The van der Waals surface area contributed by atoms with Crippen LogP contribution in [0.1, 0.15) is 44.9 Å². The number of methoxy groups -OCH3 is 1. The molecule has 0 saturated heterocycles. The second-order valence-electron chi connectivity index (χ2n) is 7.88. The summed E-state index contributed by atoms with van der Waals surface area (Å²) in [6.45, 7) is 0.444. The monoisotopic (exact) mass is 413 g/mol. The predicted octanol–water partition coefficient (Wildman–Crippen LogP) is 2.54. The van der Waals surface area contributed by atoms with E-state index in [9.17, 15) is 9.59 Å². The van der Waals surface area contributed by atoms with E-state index in [4.69, 9.17) is 15.7 Å². The van der Waals surface area contributed by atoms with E-state index in [1.54, 1.807) is 60.5 Å². The van der Waals surface area contributed by atoms with Crippen molar-refractivity contribution >= 4 is 17.5 Å². The second kappa shape index (κ2) is 6.71. The van der Waals surface area contributed by atoms with Crippen molar-refractivity contribution in [2.75, 3.05) is 18.6 Å². The Morgan fingerprint density at radius 1 is 1.13 bits per heavy atom. The van der Waals surface area contributed by atoms with E-state index >= 15 is 0 Å². The van der Waals surface area contributed by atoms with Gasteiger partial charge in [0.1, 0.15) is 11.4 Å². The lowest BCUT2D eigenvalue weighted by molar-refractivity contribution is 0.0966. The number of carbonyl (C=O) groups excluding carboxylic acids is 2. The first-order valence-corrected chi connectivity index (χ1v) is 9.87. The van der Waals surface area contributed by atoms with Gasteiger partial charge in [-0.1, -0.05) is 0 Å². The molecule has 0 bridgehead atoms. The van der Waals surface area contributed by atoms with Gasteiger partial charge in [-0.3, -0.25) is 9.59 Å². The van der Waals surface area contributed by atoms with Crippen LogP contribution in [-0.2, 0) is 5.41 Å². The Balaban J connectivity index is 1.68. The summed E-state index contributed by atoms with van der Waals surface area (Å²) in [5, 5.41) is 13.5. The highest BCUT2D eigenvalue weighted by Crippen LogP contribution is 2.54. The van der Waals surface area contributed by atoms with E-state index in [2.05, 4.69) is 11.2 Å². The molecule has 1 aliphatic heterocycles. The minimum absolute atomic E-state index is 0.149. The molecule has 2 heterocycles. The molecule has 8 heteroatoms. The molecule has 1 saturated carbocycles. The molecule has 3 aromatic rings. The molecule has 31 heavy (non-hydrogen) atoms. The Labute approximate surface area is 178 Å². The van der Waals surface area contributed by atoms with E-state index in [1.165, 1.54) is 4.68 Å². The molecule has 1 aliphatic carbocycles. The fourth-order valence-corrected chi connectivity index (χ4v) is 4.27. The number of benzene rings is 2. The topological polar surface area (TPSA) is 114 Å². The number of fused-ring (bicyclic) bond motifs is 2. The molecule has 5 rings (SSSR count). The molecular formula is C23H19N5O3. The lowest BCUT2D eigenvalue weighted by Gasteiger charge is -2.33. The molecule has 8 nitrogen and oxygen atoms in total. The SMILES string of the molecule is COc1ccc(-n2nc(C(N)=O)c3c2C(=O)N(c2ccc(C#N)cc2)CC32CC2)cc1. The Hall–Kier alpha value is -4.12. The number of nitrogens with zero attached hydrogens (tertiary/aromatic N) is 4.